The minimum atomic E-state index is -0.862. The fourth-order valence-electron chi connectivity index (χ4n) is 3.41. The highest BCUT2D eigenvalue weighted by molar-refractivity contribution is 6.04. The first-order valence-corrected chi connectivity index (χ1v) is 8.97. The summed E-state index contributed by atoms with van der Waals surface area (Å²) in [4.78, 5) is 37.9. The smallest absolute Gasteiger partial charge is 0.308 e. The van der Waals surface area contributed by atoms with E-state index in [4.69, 9.17) is 0 Å². The zero-order valence-corrected chi connectivity index (χ0v) is 15.1. The topological polar surface area (TPSA) is 86.7 Å². The number of anilines is 1. The molecule has 2 amide bonds. The Labute approximate surface area is 157 Å². The van der Waals surface area contributed by atoms with Gasteiger partial charge in [-0.05, 0) is 56.2 Å². The Morgan fingerprint density at radius 3 is 2.30 bits per heavy atom. The highest BCUT2D eigenvalue weighted by Crippen LogP contribution is 2.25. The van der Waals surface area contributed by atoms with Crippen LogP contribution in [0.2, 0.25) is 0 Å². The number of nitrogens with one attached hydrogen (secondary N) is 1. The number of carboxylic acids is 1. The van der Waals surface area contributed by atoms with E-state index in [0.717, 1.165) is 0 Å². The Morgan fingerprint density at radius 1 is 1.00 bits per heavy atom. The molecule has 0 spiro atoms. The third-order valence-corrected chi connectivity index (χ3v) is 4.99. The van der Waals surface area contributed by atoms with E-state index in [1.807, 2.05) is 6.07 Å². The first-order chi connectivity index (χ1) is 13.0. The molecule has 1 aliphatic heterocycles. The maximum absolute atomic E-state index is 12.8. The molecule has 0 saturated carbocycles. The van der Waals surface area contributed by atoms with Crippen LogP contribution >= 0.6 is 0 Å². The molecule has 0 aromatic heterocycles. The Morgan fingerprint density at radius 2 is 1.67 bits per heavy atom. The van der Waals surface area contributed by atoms with Crippen LogP contribution in [0.25, 0.3) is 0 Å². The van der Waals surface area contributed by atoms with Crippen molar-refractivity contribution < 1.29 is 19.5 Å². The molecule has 1 fully saturated rings. The van der Waals surface area contributed by atoms with E-state index in [-0.39, 0.29) is 17.9 Å². The number of carboxylic acid groups (broad SMARTS) is 1. The molecular weight excluding hydrogens is 344 g/mol. The monoisotopic (exact) mass is 366 g/mol. The standard InChI is InChI=1S/C21H22N2O4/c1-14-18(21(26)27)8-5-13-23(14)20(25)16-9-11-17(12-10-16)22-19(24)15-6-3-2-4-7-15/h2-4,6-7,9-12,14,18H,5,8,13H2,1H3,(H,22,24)(H,26,27)/t14-,18-/m1/s1. The van der Waals surface area contributed by atoms with Gasteiger partial charge in [0.2, 0.25) is 0 Å². The lowest BCUT2D eigenvalue weighted by molar-refractivity contribution is -0.144. The maximum Gasteiger partial charge on any atom is 0.308 e. The van der Waals surface area contributed by atoms with Crippen molar-refractivity contribution in [3.05, 3.63) is 65.7 Å². The summed E-state index contributed by atoms with van der Waals surface area (Å²) in [5.41, 5.74) is 1.63. The second kappa shape index (κ2) is 8.03. The van der Waals surface area contributed by atoms with Crippen LogP contribution in [-0.4, -0.2) is 40.4 Å². The summed E-state index contributed by atoms with van der Waals surface area (Å²) in [6.07, 6.45) is 1.27. The van der Waals surface area contributed by atoms with Crippen molar-refractivity contribution in [1.29, 1.82) is 0 Å². The van der Waals surface area contributed by atoms with Gasteiger partial charge in [0, 0.05) is 29.4 Å². The second-order valence-corrected chi connectivity index (χ2v) is 6.72. The minimum absolute atomic E-state index is 0.186. The lowest BCUT2D eigenvalue weighted by Gasteiger charge is -2.37. The van der Waals surface area contributed by atoms with Crippen molar-refractivity contribution in [2.45, 2.75) is 25.8 Å². The summed E-state index contributed by atoms with van der Waals surface area (Å²) in [6, 6.07) is 15.2. The first kappa shape index (κ1) is 18.6. The Bertz CT molecular complexity index is 833. The maximum atomic E-state index is 12.8. The quantitative estimate of drug-likeness (QED) is 0.869. The third-order valence-electron chi connectivity index (χ3n) is 4.99. The van der Waals surface area contributed by atoms with E-state index in [1.54, 1.807) is 60.4 Å². The highest BCUT2D eigenvalue weighted by atomic mass is 16.4. The number of benzene rings is 2. The lowest BCUT2D eigenvalue weighted by Crippen LogP contribution is -2.49. The van der Waals surface area contributed by atoms with Crippen LogP contribution in [0.15, 0.2) is 54.6 Å². The summed E-state index contributed by atoms with van der Waals surface area (Å²) >= 11 is 0. The number of rotatable bonds is 4. The zero-order chi connectivity index (χ0) is 19.4. The molecule has 0 bridgehead atoms. The fraction of sp³-hybridized carbons (Fsp3) is 0.286. The molecule has 0 aliphatic carbocycles. The third kappa shape index (κ3) is 4.16. The van der Waals surface area contributed by atoms with E-state index in [1.165, 1.54) is 0 Å². The molecule has 2 atom stereocenters. The molecular formula is C21H22N2O4. The molecule has 2 aromatic carbocycles. The average Bonchev–Trinajstić information content (AvgIpc) is 2.68. The average molecular weight is 366 g/mol. The number of nitrogens with zero attached hydrogens (tertiary/aromatic N) is 1. The number of likely N-dealkylation sites (tertiary alicyclic amines) is 1. The number of piperidine rings is 1. The number of amides is 2. The largest absolute Gasteiger partial charge is 0.481 e. The van der Waals surface area contributed by atoms with Crippen LogP contribution < -0.4 is 5.32 Å². The van der Waals surface area contributed by atoms with Gasteiger partial charge in [-0.25, -0.2) is 0 Å². The molecule has 0 unspecified atom stereocenters. The highest BCUT2D eigenvalue weighted by Gasteiger charge is 2.35. The summed E-state index contributed by atoms with van der Waals surface area (Å²) in [5.74, 6) is -1.80. The molecule has 2 N–H and O–H groups in total. The lowest BCUT2D eigenvalue weighted by atomic mass is 9.90. The number of aliphatic carboxylic acids is 1. The molecule has 0 radical (unpaired) electrons. The molecule has 27 heavy (non-hydrogen) atoms. The molecule has 3 rings (SSSR count). The normalized spacial score (nSPS) is 19.4. The summed E-state index contributed by atoms with van der Waals surface area (Å²) in [6.45, 7) is 2.33. The Hall–Kier alpha value is -3.15. The first-order valence-electron chi connectivity index (χ1n) is 8.97. The van der Waals surface area contributed by atoms with E-state index in [2.05, 4.69) is 5.32 Å². The fourth-order valence-corrected chi connectivity index (χ4v) is 3.41. The molecule has 1 heterocycles. The van der Waals surface area contributed by atoms with Gasteiger partial charge in [0.05, 0.1) is 5.92 Å². The van der Waals surface area contributed by atoms with Crippen LogP contribution in [0.1, 0.15) is 40.5 Å². The van der Waals surface area contributed by atoms with Gasteiger partial charge >= 0.3 is 5.97 Å². The van der Waals surface area contributed by atoms with Crippen molar-refractivity contribution >= 4 is 23.5 Å². The number of carbonyl (C=O) groups is 3. The molecule has 1 saturated heterocycles. The van der Waals surface area contributed by atoms with Crippen molar-refractivity contribution in [1.82, 2.24) is 4.90 Å². The van der Waals surface area contributed by atoms with Crippen molar-refractivity contribution in [3.8, 4) is 0 Å². The van der Waals surface area contributed by atoms with Crippen LogP contribution in [0.4, 0.5) is 5.69 Å². The SMILES string of the molecule is C[C@@H]1[C@H](C(=O)O)CCCN1C(=O)c1ccc(NC(=O)c2ccccc2)cc1. The Kier molecular flexibility index (Phi) is 5.54. The number of hydrogen-bond donors (Lipinski definition) is 2. The van der Waals surface area contributed by atoms with E-state index in [9.17, 15) is 19.5 Å². The molecule has 140 valence electrons. The number of hydrogen-bond acceptors (Lipinski definition) is 3. The van der Waals surface area contributed by atoms with Crippen LogP contribution in [0, 0.1) is 5.92 Å². The van der Waals surface area contributed by atoms with E-state index >= 15 is 0 Å². The Balaban J connectivity index is 1.68. The predicted molar refractivity (Wildman–Crippen MR) is 102 cm³/mol. The molecule has 6 nitrogen and oxygen atoms in total. The van der Waals surface area contributed by atoms with E-state index < -0.39 is 11.9 Å². The van der Waals surface area contributed by atoms with Gasteiger partial charge in [-0.3, -0.25) is 14.4 Å². The molecule has 2 aromatic rings. The predicted octanol–water partition coefficient (Wildman–Crippen LogP) is 3.26. The van der Waals surface area contributed by atoms with Gasteiger partial charge in [0.25, 0.3) is 11.8 Å². The number of carbonyl (C=O) groups excluding carboxylic acids is 2. The minimum Gasteiger partial charge on any atom is -0.481 e. The zero-order valence-electron chi connectivity index (χ0n) is 15.1. The molecule has 1 aliphatic rings. The summed E-state index contributed by atoms with van der Waals surface area (Å²) in [7, 11) is 0. The van der Waals surface area contributed by atoms with Crippen LogP contribution in [0.3, 0.4) is 0 Å². The second-order valence-electron chi connectivity index (χ2n) is 6.72. The van der Waals surface area contributed by atoms with Crippen molar-refractivity contribution in [2.75, 3.05) is 11.9 Å². The van der Waals surface area contributed by atoms with Gasteiger partial charge in [-0.1, -0.05) is 18.2 Å². The van der Waals surface area contributed by atoms with Gasteiger partial charge < -0.3 is 15.3 Å². The van der Waals surface area contributed by atoms with Gasteiger partial charge in [0.1, 0.15) is 0 Å². The van der Waals surface area contributed by atoms with Gasteiger partial charge in [0.15, 0.2) is 0 Å². The van der Waals surface area contributed by atoms with Gasteiger partial charge in [-0.15, -0.1) is 0 Å². The summed E-state index contributed by atoms with van der Waals surface area (Å²) < 4.78 is 0. The molecule has 6 heteroatoms. The summed E-state index contributed by atoms with van der Waals surface area (Å²) in [5, 5.41) is 12.1. The van der Waals surface area contributed by atoms with E-state index in [0.29, 0.717) is 36.2 Å². The van der Waals surface area contributed by atoms with Gasteiger partial charge in [-0.2, -0.15) is 0 Å². The van der Waals surface area contributed by atoms with Crippen LogP contribution in [-0.2, 0) is 4.79 Å². The van der Waals surface area contributed by atoms with Crippen molar-refractivity contribution in [2.24, 2.45) is 5.92 Å². The van der Waals surface area contributed by atoms with Crippen LogP contribution in [0.5, 0.6) is 0 Å². The van der Waals surface area contributed by atoms with Crippen molar-refractivity contribution in [3.63, 3.8) is 0 Å².